The zero-order valence-corrected chi connectivity index (χ0v) is 15.4. The van der Waals surface area contributed by atoms with Gasteiger partial charge in [0.15, 0.2) is 5.71 Å². The smallest absolute Gasteiger partial charge is 0.358 e. The fourth-order valence-electron chi connectivity index (χ4n) is 3.20. The fraction of sp³-hybridized carbons (Fsp3) is 0.286. The first-order chi connectivity index (χ1) is 13.1. The molecule has 0 saturated heterocycles. The third kappa shape index (κ3) is 4.00. The molecule has 0 spiro atoms. The Kier molecular flexibility index (Phi) is 5.54. The quantitative estimate of drug-likeness (QED) is 0.570. The zero-order chi connectivity index (χ0) is 19.3. The van der Waals surface area contributed by atoms with Gasteiger partial charge in [0, 0.05) is 16.5 Å². The summed E-state index contributed by atoms with van der Waals surface area (Å²) in [6.45, 7) is 2.12. The maximum absolute atomic E-state index is 11.4. The molecule has 3 rings (SSSR count). The molecular formula is C21H22N2O4. The van der Waals surface area contributed by atoms with E-state index in [1.54, 1.807) is 18.2 Å². The summed E-state index contributed by atoms with van der Waals surface area (Å²) in [7, 11) is 1.31. The minimum Gasteiger partial charge on any atom is -0.476 e. The lowest BCUT2D eigenvalue weighted by molar-refractivity contribution is -0.129. The average molecular weight is 366 g/mol. The van der Waals surface area contributed by atoms with E-state index in [1.165, 1.54) is 12.7 Å². The first-order valence-corrected chi connectivity index (χ1v) is 8.74. The van der Waals surface area contributed by atoms with E-state index < -0.39 is 5.97 Å². The topological polar surface area (TPSA) is 80.5 Å². The van der Waals surface area contributed by atoms with Crippen molar-refractivity contribution >= 4 is 17.4 Å². The van der Waals surface area contributed by atoms with E-state index in [2.05, 4.69) is 27.3 Å². The van der Waals surface area contributed by atoms with Crippen LogP contribution < -0.4 is 0 Å². The summed E-state index contributed by atoms with van der Waals surface area (Å²) in [5.74, 6) is -1.16. The van der Waals surface area contributed by atoms with Gasteiger partial charge in [0.1, 0.15) is 13.7 Å². The highest BCUT2D eigenvalue weighted by Gasteiger charge is 2.47. The van der Waals surface area contributed by atoms with Gasteiger partial charge < -0.3 is 14.8 Å². The van der Waals surface area contributed by atoms with Crippen molar-refractivity contribution in [2.24, 2.45) is 10.3 Å². The van der Waals surface area contributed by atoms with Gasteiger partial charge in [0.25, 0.3) is 0 Å². The van der Waals surface area contributed by atoms with Gasteiger partial charge in [0.05, 0.1) is 5.71 Å². The maximum Gasteiger partial charge on any atom is 0.358 e. The van der Waals surface area contributed by atoms with Gasteiger partial charge >= 0.3 is 5.97 Å². The van der Waals surface area contributed by atoms with Crippen LogP contribution in [0.5, 0.6) is 0 Å². The lowest BCUT2D eigenvalue weighted by Gasteiger charge is -2.15. The number of aliphatic carboxylic acids is 1. The van der Waals surface area contributed by atoms with Crippen LogP contribution in [0.1, 0.15) is 36.5 Å². The third-order valence-electron chi connectivity index (χ3n) is 4.85. The summed E-state index contributed by atoms with van der Waals surface area (Å²) in [5, 5.41) is 17.3. The van der Waals surface area contributed by atoms with Crippen molar-refractivity contribution in [2.75, 3.05) is 7.11 Å². The number of carboxylic acid groups (broad SMARTS) is 1. The number of benzene rings is 2. The molecule has 1 aliphatic rings. The maximum atomic E-state index is 11.4. The molecule has 0 heterocycles. The molecule has 0 aliphatic heterocycles. The monoisotopic (exact) mass is 366 g/mol. The lowest BCUT2D eigenvalue weighted by atomic mass is 9.92. The summed E-state index contributed by atoms with van der Waals surface area (Å²) < 4.78 is 0. The fourth-order valence-corrected chi connectivity index (χ4v) is 3.20. The van der Waals surface area contributed by atoms with E-state index in [4.69, 9.17) is 4.84 Å². The number of nitrogens with zero attached hydrogens (tertiary/aromatic N) is 2. The highest BCUT2D eigenvalue weighted by atomic mass is 16.6. The highest BCUT2D eigenvalue weighted by molar-refractivity contribution is 6.42. The first kappa shape index (κ1) is 18.6. The second kappa shape index (κ2) is 8.03. The Balaban J connectivity index is 1.76. The van der Waals surface area contributed by atoms with Crippen molar-refractivity contribution in [1.82, 2.24) is 0 Å². The summed E-state index contributed by atoms with van der Waals surface area (Å²) in [5.41, 5.74) is 3.09. The summed E-state index contributed by atoms with van der Waals surface area (Å²) in [6, 6.07) is 17.3. The minimum atomic E-state index is -1.16. The molecule has 140 valence electrons. The van der Waals surface area contributed by atoms with Crippen LogP contribution in [0.3, 0.4) is 0 Å². The second-order valence-electron chi connectivity index (χ2n) is 6.48. The molecule has 0 bridgehead atoms. The predicted molar refractivity (Wildman–Crippen MR) is 103 cm³/mol. The van der Waals surface area contributed by atoms with Gasteiger partial charge in [-0.05, 0) is 25.3 Å². The minimum absolute atomic E-state index is 0.0372. The molecular weight excluding hydrogens is 344 g/mol. The molecule has 1 saturated carbocycles. The van der Waals surface area contributed by atoms with Gasteiger partial charge in [-0.2, -0.15) is 0 Å². The van der Waals surface area contributed by atoms with E-state index in [-0.39, 0.29) is 17.7 Å². The summed E-state index contributed by atoms with van der Waals surface area (Å²) >= 11 is 0. The molecule has 0 unspecified atom stereocenters. The van der Waals surface area contributed by atoms with E-state index >= 15 is 0 Å². The van der Waals surface area contributed by atoms with Gasteiger partial charge in [-0.3, -0.25) is 0 Å². The molecule has 0 radical (unpaired) electrons. The van der Waals surface area contributed by atoms with Crippen LogP contribution in [-0.2, 0) is 26.5 Å². The van der Waals surface area contributed by atoms with Gasteiger partial charge in [-0.25, -0.2) is 4.79 Å². The number of rotatable bonds is 8. The van der Waals surface area contributed by atoms with Crippen LogP contribution in [0.2, 0.25) is 0 Å². The molecule has 1 fully saturated rings. The largest absolute Gasteiger partial charge is 0.476 e. The van der Waals surface area contributed by atoms with Gasteiger partial charge in [-0.1, -0.05) is 64.9 Å². The van der Waals surface area contributed by atoms with Crippen molar-refractivity contribution in [3.8, 4) is 0 Å². The highest BCUT2D eigenvalue weighted by Crippen LogP contribution is 2.49. The van der Waals surface area contributed by atoms with Crippen LogP contribution in [0.4, 0.5) is 0 Å². The van der Waals surface area contributed by atoms with E-state index in [0.717, 1.165) is 18.6 Å². The van der Waals surface area contributed by atoms with Crippen LogP contribution in [0, 0.1) is 0 Å². The SMILES string of the molecule is CO/N=C(\C(=O)O)c1ccccc1CO/N=C(/C)C1(c2ccccc2)CC1. The Labute approximate surface area is 158 Å². The molecule has 1 N–H and O–H groups in total. The van der Waals surface area contributed by atoms with Crippen molar-refractivity contribution in [3.63, 3.8) is 0 Å². The standard InChI is InChI=1S/C21H22N2O4/c1-15(21(12-13-21)17-9-4-3-5-10-17)22-27-14-16-8-6-7-11-18(16)19(20(24)25)23-26-2/h3-11H,12-14H2,1-2H3,(H,24,25)/b22-15-,23-19-. The molecule has 1 aliphatic carbocycles. The number of oxime groups is 2. The Morgan fingerprint density at radius 3 is 2.37 bits per heavy atom. The van der Waals surface area contributed by atoms with Crippen molar-refractivity contribution in [1.29, 1.82) is 0 Å². The number of carbonyl (C=O) groups is 1. The van der Waals surface area contributed by atoms with Crippen LogP contribution >= 0.6 is 0 Å². The lowest BCUT2D eigenvalue weighted by Crippen LogP contribution is -2.18. The number of carboxylic acids is 1. The van der Waals surface area contributed by atoms with Crippen LogP contribution in [0.25, 0.3) is 0 Å². The zero-order valence-electron chi connectivity index (χ0n) is 15.4. The third-order valence-corrected chi connectivity index (χ3v) is 4.85. The Hall–Kier alpha value is -3.15. The van der Waals surface area contributed by atoms with Gasteiger partial charge in [-0.15, -0.1) is 0 Å². The van der Waals surface area contributed by atoms with E-state index in [0.29, 0.717) is 11.1 Å². The Morgan fingerprint density at radius 1 is 1.07 bits per heavy atom. The molecule has 6 heteroatoms. The van der Waals surface area contributed by atoms with Crippen LogP contribution in [-0.4, -0.2) is 29.6 Å². The Morgan fingerprint density at radius 2 is 1.74 bits per heavy atom. The Bertz CT molecular complexity index is 871. The number of hydrogen-bond donors (Lipinski definition) is 1. The first-order valence-electron chi connectivity index (χ1n) is 8.74. The summed E-state index contributed by atoms with van der Waals surface area (Å²) in [6.07, 6.45) is 2.10. The van der Waals surface area contributed by atoms with Crippen molar-refractivity contribution in [2.45, 2.75) is 31.8 Å². The van der Waals surface area contributed by atoms with Crippen molar-refractivity contribution < 1.29 is 19.6 Å². The second-order valence-corrected chi connectivity index (χ2v) is 6.48. The molecule has 0 aromatic heterocycles. The van der Waals surface area contributed by atoms with Gasteiger partial charge in [0.2, 0.25) is 0 Å². The van der Waals surface area contributed by atoms with E-state index in [9.17, 15) is 9.90 Å². The molecule has 6 nitrogen and oxygen atoms in total. The summed E-state index contributed by atoms with van der Waals surface area (Å²) in [4.78, 5) is 21.7. The molecule has 0 amide bonds. The normalized spacial score (nSPS) is 15.9. The average Bonchev–Trinajstić information content (AvgIpc) is 3.49. The van der Waals surface area contributed by atoms with E-state index in [1.807, 2.05) is 31.2 Å². The predicted octanol–water partition coefficient (Wildman–Crippen LogP) is 3.75. The molecule has 27 heavy (non-hydrogen) atoms. The molecule has 2 aromatic rings. The number of hydrogen-bond acceptors (Lipinski definition) is 5. The molecule has 2 aromatic carbocycles. The van der Waals surface area contributed by atoms with Crippen molar-refractivity contribution in [3.05, 3.63) is 71.3 Å². The molecule has 0 atom stereocenters. The van der Waals surface area contributed by atoms with Crippen LogP contribution in [0.15, 0.2) is 64.9 Å².